The molecule has 12 heteroatoms. The number of hydrogen-bond donors (Lipinski definition) is 3. The molecule has 0 radical (unpaired) electrons. The number of ether oxygens (including phenoxy) is 1. The molecule has 2 aromatic rings. The lowest BCUT2D eigenvalue weighted by molar-refractivity contribution is -0.134. The van der Waals surface area contributed by atoms with Gasteiger partial charge in [-0.25, -0.2) is 8.78 Å². The van der Waals surface area contributed by atoms with Gasteiger partial charge in [0.2, 0.25) is 5.91 Å². The van der Waals surface area contributed by atoms with Gasteiger partial charge in [0.15, 0.2) is 5.82 Å². The van der Waals surface area contributed by atoms with E-state index in [1.807, 2.05) is 0 Å². The third kappa shape index (κ3) is 6.21. The molecular weight excluding hydrogens is 498 g/mol. The number of aliphatic hydroxyl groups is 2. The van der Waals surface area contributed by atoms with Crippen LogP contribution in [-0.4, -0.2) is 74.3 Å². The monoisotopic (exact) mass is 524 g/mol. The molecule has 3 N–H and O–H groups in total. The summed E-state index contributed by atoms with van der Waals surface area (Å²) in [6, 6.07) is 7.22. The van der Waals surface area contributed by atoms with Crippen LogP contribution in [0.1, 0.15) is 19.3 Å². The van der Waals surface area contributed by atoms with Crippen molar-refractivity contribution in [3.63, 3.8) is 0 Å². The van der Waals surface area contributed by atoms with Crippen LogP contribution in [0.4, 0.5) is 14.6 Å². The number of alkyl halides is 2. The standard InChI is InChI=1S/C24H27ClF2N4O5/c25-17-3-1-2-4-21(17)36-16-10-23(34)31(12-16)20(9-14-7-18(26)19(27)8-14)24(35)28-22-5-6-30(29-22)11-15(33)13-32/h1-6,10,14-15,18-20,32-33H,7-9,11-13H2,(H,28,29,35). The average Bonchev–Trinajstić information content (AvgIpc) is 3.52. The van der Waals surface area contributed by atoms with E-state index in [2.05, 4.69) is 10.4 Å². The van der Waals surface area contributed by atoms with Gasteiger partial charge in [0, 0.05) is 18.3 Å². The second-order valence-electron chi connectivity index (χ2n) is 8.98. The number of rotatable bonds is 10. The third-order valence-electron chi connectivity index (χ3n) is 6.22. The van der Waals surface area contributed by atoms with E-state index >= 15 is 0 Å². The van der Waals surface area contributed by atoms with Gasteiger partial charge in [-0.1, -0.05) is 23.7 Å². The molecule has 194 valence electrons. The highest BCUT2D eigenvalue weighted by molar-refractivity contribution is 6.32. The van der Waals surface area contributed by atoms with Gasteiger partial charge >= 0.3 is 0 Å². The highest BCUT2D eigenvalue weighted by Crippen LogP contribution is 2.35. The molecular formula is C24H27ClF2N4O5. The minimum absolute atomic E-state index is 0.0188. The van der Waals surface area contributed by atoms with Crippen LogP contribution in [-0.2, 0) is 16.1 Å². The summed E-state index contributed by atoms with van der Waals surface area (Å²) < 4.78 is 34.8. The number of aliphatic hydroxyl groups excluding tert-OH is 2. The molecule has 2 amide bonds. The molecule has 1 aromatic heterocycles. The van der Waals surface area contributed by atoms with Gasteiger partial charge in [0.25, 0.3) is 5.91 Å². The Balaban J connectivity index is 1.48. The van der Waals surface area contributed by atoms with E-state index in [1.54, 1.807) is 24.3 Å². The molecule has 9 nitrogen and oxygen atoms in total. The SMILES string of the molecule is O=C(Nc1ccn(CC(O)CO)n1)C(CC1CC(F)C(F)C1)N1CC(Oc2ccccc2Cl)=CC1=O. The molecule has 1 aliphatic carbocycles. The molecule has 4 unspecified atom stereocenters. The lowest BCUT2D eigenvalue weighted by atomic mass is 9.96. The molecule has 4 rings (SSSR count). The summed E-state index contributed by atoms with van der Waals surface area (Å²) in [5, 5.41) is 25.7. The van der Waals surface area contributed by atoms with Crippen LogP contribution >= 0.6 is 11.6 Å². The number of carbonyl (C=O) groups excluding carboxylic acids is 2. The highest BCUT2D eigenvalue weighted by atomic mass is 35.5. The van der Waals surface area contributed by atoms with Crippen molar-refractivity contribution in [2.24, 2.45) is 5.92 Å². The fraction of sp³-hybridized carbons (Fsp3) is 0.458. The smallest absolute Gasteiger partial charge is 0.251 e. The Morgan fingerprint density at radius 2 is 1.97 bits per heavy atom. The van der Waals surface area contributed by atoms with Gasteiger partial charge in [-0.3, -0.25) is 14.3 Å². The number of nitrogens with one attached hydrogen (secondary N) is 1. The first kappa shape index (κ1) is 26.1. The number of anilines is 1. The van der Waals surface area contributed by atoms with E-state index in [0.29, 0.717) is 10.8 Å². The van der Waals surface area contributed by atoms with Crippen molar-refractivity contribution < 1.29 is 33.3 Å². The Bertz CT molecular complexity index is 1120. The van der Waals surface area contributed by atoms with E-state index in [1.165, 1.54) is 27.9 Å². The first-order valence-corrected chi connectivity index (χ1v) is 12.0. The molecule has 2 heterocycles. The van der Waals surface area contributed by atoms with Gasteiger partial charge in [-0.15, -0.1) is 0 Å². The second kappa shape index (κ2) is 11.4. The molecule has 4 atom stereocenters. The van der Waals surface area contributed by atoms with Crippen molar-refractivity contribution in [3.8, 4) is 5.75 Å². The molecule has 1 saturated carbocycles. The van der Waals surface area contributed by atoms with Gasteiger partial charge in [0.1, 0.15) is 29.9 Å². The number of halogens is 3. The fourth-order valence-corrected chi connectivity index (χ4v) is 4.61. The van der Waals surface area contributed by atoms with E-state index in [9.17, 15) is 23.5 Å². The van der Waals surface area contributed by atoms with Gasteiger partial charge in [0.05, 0.1) is 30.8 Å². The summed E-state index contributed by atoms with van der Waals surface area (Å²) in [5.74, 6) is -0.661. The summed E-state index contributed by atoms with van der Waals surface area (Å²) >= 11 is 6.14. The Labute approximate surface area is 211 Å². The Kier molecular flexibility index (Phi) is 8.22. The van der Waals surface area contributed by atoms with Crippen LogP contribution in [0.25, 0.3) is 0 Å². The predicted octanol–water partition coefficient (Wildman–Crippen LogP) is 2.48. The number of hydrogen-bond acceptors (Lipinski definition) is 6. The third-order valence-corrected chi connectivity index (χ3v) is 6.53. The second-order valence-corrected chi connectivity index (χ2v) is 9.39. The Morgan fingerprint density at radius 3 is 2.67 bits per heavy atom. The summed E-state index contributed by atoms with van der Waals surface area (Å²) in [6.07, 6.45) is -1.43. The first-order valence-electron chi connectivity index (χ1n) is 11.6. The topological polar surface area (TPSA) is 117 Å². The van der Waals surface area contributed by atoms with E-state index < -0.39 is 48.8 Å². The first-order chi connectivity index (χ1) is 17.2. The maximum Gasteiger partial charge on any atom is 0.251 e. The maximum absolute atomic E-state index is 13.8. The average molecular weight is 525 g/mol. The summed E-state index contributed by atoms with van der Waals surface area (Å²) in [7, 11) is 0. The van der Waals surface area contributed by atoms with E-state index in [-0.39, 0.29) is 43.9 Å². The van der Waals surface area contributed by atoms with Crippen LogP contribution in [0.2, 0.25) is 5.02 Å². The largest absolute Gasteiger partial charge is 0.458 e. The molecule has 2 aliphatic rings. The van der Waals surface area contributed by atoms with E-state index in [4.69, 9.17) is 21.4 Å². The zero-order valence-corrected chi connectivity index (χ0v) is 20.0. The van der Waals surface area contributed by atoms with Crippen LogP contribution < -0.4 is 10.1 Å². The van der Waals surface area contributed by atoms with Crippen LogP contribution in [0.15, 0.2) is 48.4 Å². The Hall–Kier alpha value is -3.02. The normalized spacial score (nSPS) is 23.5. The minimum Gasteiger partial charge on any atom is -0.458 e. The van der Waals surface area contributed by atoms with Crippen LogP contribution in [0, 0.1) is 5.92 Å². The molecule has 1 aliphatic heterocycles. The minimum atomic E-state index is -1.60. The highest BCUT2D eigenvalue weighted by Gasteiger charge is 2.41. The molecule has 0 spiro atoms. The quantitative estimate of drug-likeness (QED) is 0.440. The number of benzene rings is 1. The van der Waals surface area contributed by atoms with Crippen LogP contribution in [0.5, 0.6) is 5.75 Å². The van der Waals surface area contributed by atoms with Crippen molar-refractivity contribution in [1.29, 1.82) is 0 Å². The molecule has 1 aromatic carbocycles. The lowest BCUT2D eigenvalue weighted by Gasteiger charge is -2.29. The number of amides is 2. The fourth-order valence-electron chi connectivity index (χ4n) is 4.43. The zero-order valence-electron chi connectivity index (χ0n) is 19.3. The van der Waals surface area contributed by atoms with Crippen molar-refractivity contribution in [1.82, 2.24) is 14.7 Å². The number of para-hydroxylation sites is 1. The molecule has 0 saturated heterocycles. The van der Waals surface area contributed by atoms with Crippen molar-refractivity contribution in [2.75, 3.05) is 18.5 Å². The number of carbonyl (C=O) groups is 2. The summed E-state index contributed by atoms with van der Waals surface area (Å²) in [4.78, 5) is 27.4. The molecule has 36 heavy (non-hydrogen) atoms. The lowest BCUT2D eigenvalue weighted by Crippen LogP contribution is -2.46. The summed E-state index contributed by atoms with van der Waals surface area (Å²) in [5.41, 5.74) is 0. The van der Waals surface area contributed by atoms with Gasteiger partial charge < -0.3 is 25.2 Å². The number of aromatic nitrogens is 2. The predicted molar refractivity (Wildman–Crippen MR) is 127 cm³/mol. The molecule has 0 bridgehead atoms. The van der Waals surface area contributed by atoms with Gasteiger partial charge in [-0.2, -0.15) is 5.10 Å². The van der Waals surface area contributed by atoms with Crippen molar-refractivity contribution >= 4 is 29.2 Å². The van der Waals surface area contributed by atoms with Crippen LogP contribution in [0.3, 0.4) is 0 Å². The maximum atomic E-state index is 13.8. The van der Waals surface area contributed by atoms with Crippen molar-refractivity contribution in [2.45, 2.75) is 50.3 Å². The zero-order chi connectivity index (χ0) is 25.8. The summed E-state index contributed by atoms with van der Waals surface area (Å²) in [6.45, 7) is -0.451. The number of nitrogens with zero attached hydrogens (tertiary/aromatic N) is 3. The molecule has 1 fully saturated rings. The van der Waals surface area contributed by atoms with Gasteiger partial charge in [-0.05, 0) is 37.3 Å². The van der Waals surface area contributed by atoms with Crippen molar-refractivity contribution in [3.05, 3.63) is 53.4 Å². The van der Waals surface area contributed by atoms with E-state index in [0.717, 1.165) is 0 Å². The Morgan fingerprint density at radius 1 is 1.25 bits per heavy atom.